The number of benzene rings is 1. The second kappa shape index (κ2) is 10.9. The number of nitrogens with one attached hydrogen (secondary N) is 2. The van der Waals surface area contributed by atoms with Crippen molar-refractivity contribution in [1.82, 2.24) is 15.5 Å². The molecule has 0 saturated carbocycles. The van der Waals surface area contributed by atoms with E-state index in [4.69, 9.17) is 4.74 Å². The first-order valence-electron chi connectivity index (χ1n) is 8.59. The Morgan fingerprint density at radius 2 is 1.92 bits per heavy atom. The van der Waals surface area contributed by atoms with E-state index in [0.717, 1.165) is 37.9 Å². The van der Waals surface area contributed by atoms with Crippen LogP contribution in [0.4, 0.5) is 0 Å². The number of halogens is 1. The fraction of sp³-hybridized carbons (Fsp3) is 0.556. The maximum absolute atomic E-state index is 12.2. The zero-order valence-electron chi connectivity index (χ0n) is 14.9. The van der Waals surface area contributed by atoms with E-state index in [1.807, 2.05) is 36.1 Å². The number of rotatable bonds is 8. The summed E-state index contributed by atoms with van der Waals surface area (Å²) in [5.74, 6) is 0.614. The van der Waals surface area contributed by atoms with E-state index in [1.165, 1.54) is 0 Å². The normalized spacial score (nSPS) is 14.6. The molecule has 1 fully saturated rings. The van der Waals surface area contributed by atoms with Gasteiger partial charge in [-0.1, -0.05) is 25.1 Å². The molecule has 1 aliphatic heterocycles. The lowest BCUT2D eigenvalue weighted by molar-refractivity contribution is -0.132. The second-order valence-electron chi connectivity index (χ2n) is 5.97. The summed E-state index contributed by atoms with van der Waals surface area (Å²) >= 11 is 0. The van der Waals surface area contributed by atoms with Crippen LogP contribution in [0.15, 0.2) is 24.3 Å². The number of hydrogen-bond donors (Lipinski definition) is 2. The fourth-order valence-corrected chi connectivity index (χ4v) is 2.90. The van der Waals surface area contributed by atoms with Gasteiger partial charge in [-0.15, -0.1) is 12.4 Å². The van der Waals surface area contributed by atoms with Gasteiger partial charge >= 0.3 is 0 Å². The van der Waals surface area contributed by atoms with Gasteiger partial charge in [0.25, 0.3) is 5.91 Å². The SMILES string of the molecule is CCC(NC(=O)CNC)c1ccccc1OCC(=O)N1CCCC1.Cl. The van der Waals surface area contributed by atoms with Crippen LogP contribution in [0.25, 0.3) is 0 Å². The molecule has 25 heavy (non-hydrogen) atoms. The summed E-state index contributed by atoms with van der Waals surface area (Å²) in [7, 11) is 1.74. The molecular formula is C18H28ClN3O3. The smallest absolute Gasteiger partial charge is 0.260 e. The van der Waals surface area contributed by atoms with Gasteiger partial charge in [0.2, 0.25) is 5.91 Å². The highest BCUT2D eigenvalue weighted by Crippen LogP contribution is 2.27. The van der Waals surface area contributed by atoms with Crippen molar-refractivity contribution in [2.45, 2.75) is 32.2 Å². The van der Waals surface area contributed by atoms with Crippen molar-refractivity contribution in [3.63, 3.8) is 0 Å². The van der Waals surface area contributed by atoms with Crippen molar-refractivity contribution >= 4 is 24.2 Å². The number of carbonyl (C=O) groups is 2. The molecule has 1 unspecified atom stereocenters. The van der Waals surface area contributed by atoms with Crippen LogP contribution in [0.1, 0.15) is 37.8 Å². The van der Waals surface area contributed by atoms with Gasteiger partial charge in [-0.3, -0.25) is 9.59 Å². The summed E-state index contributed by atoms with van der Waals surface area (Å²) in [5, 5.41) is 5.83. The molecule has 6 nitrogen and oxygen atoms in total. The molecule has 2 amide bonds. The largest absolute Gasteiger partial charge is 0.483 e. The molecule has 0 aliphatic carbocycles. The van der Waals surface area contributed by atoms with Crippen LogP contribution < -0.4 is 15.4 Å². The number of hydrogen-bond acceptors (Lipinski definition) is 4. The molecule has 1 saturated heterocycles. The van der Waals surface area contributed by atoms with Crippen molar-refractivity contribution in [3.8, 4) is 5.75 Å². The van der Waals surface area contributed by atoms with Gasteiger partial charge in [0.05, 0.1) is 12.6 Å². The van der Waals surface area contributed by atoms with Gasteiger partial charge in [-0.05, 0) is 32.4 Å². The molecule has 1 aromatic carbocycles. The van der Waals surface area contributed by atoms with Crippen LogP contribution >= 0.6 is 12.4 Å². The number of likely N-dealkylation sites (N-methyl/N-ethyl adjacent to an activating group) is 1. The Labute approximate surface area is 155 Å². The molecular weight excluding hydrogens is 342 g/mol. The first-order valence-corrected chi connectivity index (χ1v) is 8.59. The molecule has 0 radical (unpaired) electrons. The summed E-state index contributed by atoms with van der Waals surface area (Å²) in [5.41, 5.74) is 0.902. The third-order valence-corrected chi connectivity index (χ3v) is 4.19. The zero-order valence-corrected chi connectivity index (χ0v) is 15.7. The van der Waals surface area contributed by atoms with Gasteiger partial charge in [-0.25, -0.2) is 0 Å². The van der Waals surface area contributed by atoms with E-state index in [0.29, 0.717) is 5.75 Å². The second-order valence-corrected chi connectivity index (χ2v) is 5.97. The van der Waals surface area contributed by atoms with Crippen molar-refractivity contribution < 1.29 is 14.3 Å². The topological polar surface area (TPSA) is 70.7 Å². The van der Waals surface area contributed by atoms with E-state index in [9.17, 15) is 9.59 Å². The minimum atomic E-state index is -0.135. The molecule has 140 valence electrons. The van der Waals surface area contributed by atoms with Gasteiger partial charge < -0.3 is 20.3 Å². The summed E-state index contributed by atoms with van der Waals surface area (Å²) in [6, 6.07) is 7.44. The predicted molar refractivity (Wildman–Crippen MR) is 100 cm³/mol. The van der Waals surface area contributed by atoms with Crippen LogP contribution in [-0.4, -0.2) is 50.0 Å². The Balaban J connectivity index is 0.00000312. The Kier molecular flexibility index (Phi) is 9.31. The van der Waals surface area contributed by atoms with Gasteiger partial charge in [0, 0.05) is 18.7 Å². The molecule has 1 aliphatic rings. The molecule has 0 aromatic heterocycles. The Morgan fingerprint density at radius 3 is 2.56 bits per heavy atom. The minimum Gasteiger partial charge on any atom is -0.483 e. The highest BCUT2D eigenvalue weighted by molar-refractivity contribution is 5.85. The molecule has 2 N–H and O–H groups in total. The maximum atomic E-state index is 12.2. The average molecular weight is 370 g/mol. The summed E-state index contributed by atoms with van der Waals surface area (Å²) in [6.45, 7) is 3.96. The molecule has 0 spiro atoms. The van der Waals surface area contributed by atoms with E-state index >= 15 is 0 Å². The van der Waals surface area contributed by atoms with E-state index in [2.05, 4.69) is 10.6 Å². The third kappa shape index (κ3) is 6.21. The molecule has 2 rings (SSSR count). The lowest BCUT2D eigenvalue weighted by Gasteiger charge is -2.21. The molecule has 0 bridgehead atoms. The van der Waals surface area contributed by atoms with Crippen LogP contribution in [0.3, 0.4) is 0 Å². The Morgan fingerprint density at radius 1 is 1.24 bits per heavy atom. The van der Waals surface area contributed by atoms with Crippen LogP contribution in [0.5, 0.6) is 5.75 Å². The Hall–Kier alpha value is -1.79. The van der Waals surface area contributed by atoms with Gasteiger partial charge in [0.15, 0.2) is 6.61 Å². The molecule has 7 heteroatoms. The lowest BCUT2D eigenvalue weighted by Crippen LogP contribution is -2.35. The standard InChI is InChI=1S/C18H27N3O3.ClH/c1-3-15(20-17(22)12-19-2)14-8-4-5-9-16(14)24-13-18(23)21-10-6-7-11-21;/h4-5,8-9,15,19H,3,6-7,10-13H2,1-2H3,(H,20,22);1H. The van der Waals surface area contributed by atoms with Crippen molar-refractivity contribution in [2.75, 3.05) is 33.3 Å². The number of carbonyl (C=O) groups excluding carboxylic acids is 2. The summed E-state index contributed by atoms with van der Waals surface area (Å²) in [4.78, 5) is 25.9. The van der Waals surface area contributed by atoms with E-state index in [-0.39, 0.29) is 43.4 Å². The maximum Gasteiger partial charge on any atom is 0.260 e. The summed E-state index contributed by atoms with van der Waals surface area (Å²) < 4.78 is 5.78. The van der Waals surface area contributed by atoms with Crippen LogP contribution in [0, 0.1) is 0 Å². The fourth-order valence-electron chi connectivity index (χ4n) is 2.90. The zero-order chi connectivity index (χ0) is 17.4. The number of likely N-dealkylation sites (tertiary alicyclic amines) is 1. The van der Waals surface area contributed by atoms with Crippen LogP contribution in [0.2, 0.25) is 0 Å². The quantitative estimate of drug-likeness (QED) is 0.734. The first-order chi connectivity index (χ1) is 11.7. The minimum absolute atomic E-state index is 0. The van der Waals surface area contributed by atoms with Gasteiger partial charge in [-0.2, -0.15) is 0 Å². The highest BCUT2D eigenvalue weighted by atomic mass is 35.5. The monoisotopic (exact) mass is 369 g/mol. The molecule has 1 heterocycles. The summed E-state index contributed by atoms with van der Waals surface area (Å²) in [6.07, 6.45) is 2.88. The van der Waals surface area contributed by atoms with E-state index in [1.54, 1.807) is 7.05 Å². The number of amides is 2. The molecule has 1 atom stereocenters. The van der Waals surface area contributed by atoms with Crippen LogP contribution in [-0.2, 0) is 9.59 Å². The first kappa shape index (κ1) is 21.3. The lowest BCUT2D eigenvalue weighted by atomic mass is 10.0. The number of nitrogens with zero attached hydrogens (tertiary/aromatic N) is 1. The number of ether oxygens (including phenoxy) is 1. The van der Waals surface area contributed by atoms with Crippen molar-refractivity contribution in [2.24, 2.45) is 0 Å². The predicted octanol–water partition coefficient (Wildman–Crippen LogP) is 1.90. The van der Waals surface area contributed by atoms with Crippen molar-refractivity contribution in [3.05, 3.63) is 29.8 Å². The molecule has 1 aromatic rings. The van der Waals surface area contributed by atoms with Crippen molar-refractivity contribution in [1.29, 1.82) is 0 Å². The number of para-hydroxylation sites is 1. The Bertz CT molecular complexity index is 562. The third-order valence-electron chi connectivity index (χ3n) is 4.19. The highest BCUT2D eigenvalue weighted by Gasteiger charge is 2.20. The van der Waals surface area contributed by atoms with Gasteiger partial charge in [0.1, 0.15) is 5.75 Å². The van der Waals surface area contributed by atoms with E-state index < -0.39 is 0 Å². The average Bonchev–Trinajstić information content (AvgIpc) is 3.13.